The molecule has 122 valence electrons. The van der Waals surface area contributed by atoms with Gasteiger partial charge in [-0.15, -0.1) is 0 Å². The summed E-state index contributed by atoms with van der Waals surface area (Å²) in [5.41, 5.74) is 0.424. The number of halogens is 1. The van der Waals surface area contributed by atoms with Gasteiger partial charge in [-0.25, -0.2) is 4.39 Å². The molecule has 3 atom stereocenters. The predicted molar refractivity (Wildman–Crippen MR) is 78.8 cm³/mol. The first-order valence-electron chi connectivity index (χ1n) is 7.50. The van der Waals surface area contributed by atoms with E-state index < -0.39 is 18.0 Å². The van der Waals surface area contributed by atoms with Crippen LogP contribution in [0.2, 0.25) is 0 Å². The first-order valence-corrected chi connectivity index (χ1v) is 7.50. The van der Waals surface area contributed by atoms with Gasteiger partial charge in [0.2, 0.25) is 5.91 Å². The lowest BCUT2D eigenvalue weighted by atomic mass is 10.1. The predicted octanol–water partition coefficient (Wildman–Crippen LogP) is 1.56. The molecule has 0 spiro atoms. The third-order valence-corrected chi connectivity index (χ3v) is 3.63. The van der Waals surface area contributed by atoms with Crippen molar-refractivity contribution in [1.29, 1.82) is 0 Å². The molecule has 22 heavy (non-hydrogen) atoms. The summed E-state index contributed by atoms with van der Waals surface area (Å²) in [5, 5.41) is 12.5. The molecule has 6 heteroatoms. The van der Waals surface area contributed by atoms with E-state index in [2.05, 4.69) is 5.32 Å². The molecule has 2 rings (SSSR count). The highest BCUT2D eigenvalue weighted by Crippen LogP contribution is 2.14. The molecule has 0 aromatic heterocycles. The van der Waals surface area contributed by atoms with E-state index in [-0.39, 0.29) is 18.6 Å². The molecule has 0 aliphatic carbocycles. The quantitative estimate of drug-likeness (QED) is 0.802. The van der Waals surface area contributed by atoms with Gasteiger partial charge in [-0.3, -0.25) is 4.79 Å². The summed E-state index contributed by atoms with van der Waals surface area (Å²) < 4.78 is 24.0. The molecule has 1 aromatic carbocycles. The summed E-state index contributed by atoms with van der Waals surface area (Å²) in [4.78, 5) is 11.9. The highest BCUT2D eigenvalue weighted by molar-refractivity contribution is 5.80. The molecule has 1 aliphatic rings. The van der Waals surface area contributed by atoms with Crippen LogP contribution in [0.15, 0.2) is 24.3 Å². The van der Waals surface area contributed by atoms with Crippen LogP contribution in [-0.4, -0.2) is 43.0 Å². The van der Waals surface area contributed by atoms with Crippen molar-refractivity contribution in [2.24, 2.45) is 0 Å². The van der Waals surface area contributed by atoms with Crippen molar-refractivity contribution in [1.82, 2.24) is 5.32 Å². The van der Waals surface area contributed by atoms with E-state index in [9.17, 15) is 14.3 Å². The van der Waals surface area contributed by atoms with Crippen molar-refractivity contribution in [2.45, 2.75) is 38.1 Å². The maximum absolute atomic E-state index is 13.1. The maximum atomic E-state index is 13.1. The molecule has 0 bridgehead atoms. The van der Waals surface area contributed by atoms with Crippen LogP contribution in [-0.2, 0) is 14.3 Å². The molecule has 2 N–H and O–H groups in total. The molecule has 1 aromatic rings. The zero-order valence-electron chi connectivity index (χ0n) is 12.6. The van der Waals surface area contributed by atoms with E-state index in [1.165, 1.54) is 18.2 Å². The van der Waals surface area contributed by atoms with Crippen LogP contribution in [0.3, 0.4) is 0 Å². The summed E-state index contributed by atoms with van der Waals surface area (Å²) in [6, 6.07) is 5.67. The molecule has 1 fully saturated rings. The van der Waals surface area contributed by atoms with Gasteiger partial charge in [0.25, 0.3) is 0 Å². The number of amides is 1. The summed E-state index contributed by atoms with van der Waals surface area (Å²) in [6.07, 6.45) is 0.461. The van der Waals surface area contributed by atoms with Gasteiger partial charge < -0.3 is 19.9 Å². The van der Waals surface area contributed by atoms with Gasteiger partial charge in [0.15, 0.2) is 0 Å². The Kier molecular flexibility index (Phi) is 6.30. The van der Waals surface area contributed by atoms with E-state index in [4.69, 9.17) is 9.47 Å². The largest absolute Gasteiger partial charge is 0.387 e. The average Bonchev–Trinajstić information content (AvgIpc) is 3.03. The van der Waals surface area contributed by atoms with Crippen molar-refractivity contribution in [3.8, 4) is 0 Å². The summed E-state index contributed by atoms with van der Waals surface area (Å²) >= 11 is 0. The Morgan fingerprint density at radius 2 is 2.41 bits per heavy atom. The molecule has 1 amide bonds. The van der Waals surface area contributed by atoms with Crippen molar-refractivity contribution < 1.29 is 23.8 Å². The van der Waals surface area contributed by atoms with Gasteiger partial charge in [0.1, 0.15) is 11.9 Å². The Labute approximate surface area is 129 Å². The topological polar surface area (TPSA) is 67.8 Å². The number of ether oxygens (including phenoxy) is 2. The van der Waals surface area contributed by atoms with Gasteiger partial charge in [-0.2, -0.15) is 0 Å². The number of aliphatic hydroxyl groups excluding tert-OH is 1. The van der Waals surface area contributed by atoms with Crippen LogP contribution in [0.5, 0.6) is 0 Å². The van der Waals surface area contributed by atoms with Crippen LogP contribution in [0.25, 0.3) is 0 Å². The van der Waals surface area contributed by atoms with Crippen LogP contribution < -0.4 is 5.32 Å². The highest BCUT2D eigenvalue weighted by Gasteiger charge is 2.20. The monoisotopic (exact) mass is 311 g/mol. The number of nitrogens with one attached hydrogen (secondary N) is 1. The Bertz CT molecular complexity index is 491. The lowest BCUT2D eigenvalue weighted by Crippen LogP contribution is -2.38. The summed E-state index contributed by atoms with van der Waals surface area (Å²) in [6.45, 7) is 2.80. The minimum atomic E-state index is -0.954. The van der Waals surface area contributed by atoms with E-state index in [0.29, 0.717) is 12.2 Å². The highest BCUT2D eigenvalue weighted by atomic mass is 19.1. The molecule has 1 heterocycles. The van der Waals surface area contributed by atoms with Crippen LogP contribution in [0.4, 0.5) is 4.39 Å². The fourth-order valence-electron chi connectivity index (χ4n) is 2.28. The fraction of sp³-hybridized carbons (Fsp3) is 0.562. The lowest BCUT2D eigenvalue weighted by molar-refractivity contribution is -0.134. The minimum absolute atomic E-state index is 0.00984. The number of rotatable bonds is 7. The van der Waals surface area contributed by atoms with E-state index in [0.717, 1.165) is 19.4 Å². The first-order chi connectivity index (χ1) is 10.6. The molecular weight excluding hydrogens is 289 g/mol. The number of aliphatic hydroxyl groups is 1. The Morgan fingerprint density at radius 3 is 3.09 bits per heavy atom. The Morgan fingerprint density at radius 1 is 1.59 bits per heavy atom. The number of benzene rings is 1. The van der Waals surface area contributed by atoms with Crippen molar-refractivity contribution in [3.63, 3.8) is 0 Å². The summed E-state index contributed by atoms with van der Waals surface area (Å²) in [7, 11) is 0. The van der Waals surface area contributed by atoms with Gasteiger partial charge in [0, 0.05) is 13.2 Å². The smallest absolute Gasteiger partial charge is 0.248 e. The number of carbonyl (C=O) groups is 1. The SMILES string of the molecule is CC(OCC1CCCO1)C(=O)NCC(O)c1cccc(F)c1. The molecule has 3 unspecified atom stereocenters. The number of hydrogen-bond donors (Lipinski definition) is 2. The first kappa shape index (κ1) is 16.9. The fourth-order valence-corrected chi connectivity index (χ4v) is 2.28. The van der Waals surface area contributed by atoms with Crippen molar-refractivity contribution in [2.75, 3.05) is 19.8 Å². The molecule has 0 radical (unpaired) electrons. The van der Waals surface area contributed by atoms with Gasteiger partial charge in [-0.1, -0.05) is 12.1 Å². The molecule has 5 nitrogen and oxygen atoms in total. The number of hydrogen-bond acceptors (Lipinski definition) is 4. The van der Waals surface area contributed by atoms with Crippen LogP contribution in [0, 0.1) is 5.82 Å². The minimum Gasteiger partial charge on any atom is -0.387 e. The lowest BCUT2D eigenvalue weighted by Gasteiger charge is -2.17. The molecule has 1 saturated heterocycles. The van der Waals surface area contributed by atoms with Crippen LogP contribution >= 0.6 is 0 Å². The zero-order valence-corrected chi connectivity index (χ0v) is 12.6. The third kappa shape index (κ3) is 5.05. The molecule has 1 aliphatic heterocycles. The second kappa shape index (κ2) is 8.22. The Balaban J connectivity index is 1.71. The second-order valence-corrected chi connectivity index (χ2v) is 5.43. The average molecular weight is 311 g/mol. The maximum Gasteiger partial charge on any atom is 0.248 e. The van der Waals surface area contributed by atoms with E-state index >= 15 is 0 Å². The third-order valence-electron chi connectivity index (χ3n) is 3.63. The van der Waals surface area contributed by atoms with Gasteiger partial charge in [0.05, 0.1) is 18.8 Å². The van der Waals surface area contributed by atoms with Crippen molar-refractivity contribution >= 4 is 5.91 Å². The van der Waals surface area contributed by atoms with Gasteiger partial charge >= 0.3 is 0 Å². The van der Waals surface area contributed by atoms with E-state index in [1.807, 2.05) is 0 Å². The normalized spacial score (nSPS) is 20.6. The Hall–Kier alpha value is -1.50. The second-order valence-electron chi connectivity index (χ2n) is 5.43. The van der Waals surface area contributed by atoms with Crippen molar-refractivity contribution in [3.05, 3.63) is 35.6 Å². The van der Waals surface area contributed by atoms with E-state index in [1.54, 1.807) is 13.0 Å². The van der Waals surface area contributed by atoms with Gasteiger partial charge in [-0.05, 0) is 37.5 Å². The summed E-state index contributed by atoms with van der Waals surface area (Å²) in [5.74, 6) is -0.732. The number of carbonyl (C=O) groups excluding carboxylic acids is 1. The molecule has 0 saturated carbocycles. The standard InChI is InChI=1S/C16H22FNO4/c1-11(22-10-14-6-3-7-21-14)16(20)18-9-15(19)12-4-2-5-13(17)8-12/h2,4-5,8,11,14-15,19H,3,6-7,9-10H2,1H3,(H,18,20). The zero-order chi connectivity index (χ0) is 15.9. The molecular formula is C16H22FNO4. The van der Waals surface area contributed by atoms with Crippen LogP contribution in [0.1, 0.15) is 31.4 Å².